The van der Waals surface area contributed by atoms with Crippen molar-refractivity contribution >= 4 is 5.91 Å². The van der Waals surface area contributed by atoms with E-state index in [0.29, 0.717) is 12.7 Å². The molecule has 2 N–H and O–H groups in total. The molecule has 1 amide bonds. The Hall–Kier alpha value is -0.610. The summed E-state index contributed by atoms with van der Waals surface area (Å²) in [5.41, 5.74) is 0. The first-order valence-electron chi connectivity index (χ1n) is 5.81. The average Bonchev–Trinajstić information content (AvgIpc) is 2.26. The second-order valence-electron chi connectivity index (χ2n) is 4.48. The number of nitrogens with zero attached hydrogens (tertiary/aromatic N) is 1. The summed E-state index contributed by atoms with van der Waals surface area (Å²) in [5, 5.41) is 5.80. The molecule has 0 aromatic rings. The number of piperidine rings is 1. The van der Waals surface area contributed by atoms with Crippen molar-refractivity contribution in [2.24, 2.45) is 5.92 Å². The van der Waals surface area contributed by atoms with Crippen LogP contribution in [0.5, 0.6) is 0 Å². The summed E-state index contributed by atoms with van der Waals surface area (Å²) in [7, 11) is 1.83. The molecule has 0 aromatic heterocycles. The van der Waals surface area contributed by atoms with Crippen molar-refractivity contribution in [3.05, 3.63) is 0 Å². The number of hydrogen-bond donors (Lipinski definition) is 2. The number of hydrogen-bond acceptors (Lipinski definition) is 3. The van der Waals surface area contributed by atoms with Gasteiger partial charge in [-0.1, -0.05) is 0 Å². The first kappa shape index (κ1) is 12.5. The average molecular weight is 213 g/mol. The van der Waals surface area contributed by atoms with E-state index in [1.165, 1.54) is 0 Å². The van der Waals surface area contributed by atoms with Gasteiger partial charge in [0.05, 0.1) is 6.67 Å². The molecule has 0 aromatic carbocycles. The molecule has 0 bridgehead atoms. The molecule has 0 unspecified atom stereocenters. The summed E-state index contributed by atoms with van der Waals surface area (Å²) < 4.78 is 0. The van der Waals surface area contributed by atoms with Crippen LogP contribution in [0.25, 0.3) is 0 Å². The lowest BCUT2D eigenvalue weighted by atomic mass is 9.95. The Balaban J connectivity index is 2.27. The molecular weight excluding hydrogens is 190 g/mol. The van der Waals surface area contributed by atoms with Crippen molar-refractivity contribution in [1.29, 1.82) is 0 Å². The Bertz CT molecular complexity index is 198. The van der Waals surface area contributed by atoms with Gasteiger partial charge in [0.15, 0.2) is 0 Å². The van der Waals surface area contributed by atoms with Crippen LogP contribution >= 0.6 is 0 Å². The van der Waals surface area contributed by atoms with Gasteiger partial charge < -0.3 is 15.5 Å². The number of likely N-dealkylation sites (tertiary alicyclic amines) is 1. The summed E-state index contributed by atoms with van der Waals surface area (Å²) in [4.78, 5) is 14.1. The van der Waals surface area contributed by atoms with Gasteiger partial charge in [-0.05, 0) is 46.8 Å². The Kier molecular flexibility index (Phi) is 5.05. The van der Waals surface area contributed by atoms with Gasteiger partial charge in [0.25, 0.3) is 0 Å². The highest BCUT2D eigenvalue weighted by molar-refractivity contribution is 5.78. The topological polar surface area (TPSA) is 44.4 Å². The highest BCUT2D eigenvalue weighted by Gasteiger charge is 2.25. The summed E-state index contributed by atoms with van der Waals surface area (Å²) >= 11 is 0. The molecule has 1 aliphatic heterocycles. The van der Waals surface area contributed by atoms with Gasteiger partial charge in [-0.2, -0.15) is 0 Å². The van der Waals surface area contributed by atoms with Crippen LogP contribution in [0.4, 0.5) is 0 Å². The molecule has 1 aliphatic rings. The van der Waals surface area contributed by atoms with Crippen molar-refractivity contribution in [2.45, 2.75) is 32.7 Å². The predicted molar refractivity (Wildman–Crippen MR) is 61.5 cm³/mol. The first-order chi connectivity index (χ1) is 7.15. The molecule has 88 valence electrons. The quantitative estimate of drug-likeness (QED) is 0.664. The lowest BCUT2D eigenvalue weighted by Gasteiger charge is -2.33. The minimum Gasteiger partial charge on any atom is -0.343 e. The fourth-order valence-electron chi connectivity index (χ4n) is 2.00. The lowest BCUT2D eigenvalue weighted by Crippen LogP contribution is -2.44. The van der Waals surface area contributed by atoms with Gasteiger partial charge in [-0.25, -0.2) is 0 Å². The fraction of sp³-hybridized carbons (Fsp3) is 0.909. The van der Waals surface area contributed by atoms with Crippen LogP contribution in [0.3, 0.4) is 0 Å². The molecule has 0 aliphatic carbocycles. The molecule has 1 fully saturated rings. The van der Waals surface area contributed by atoms with Crippen molar-refractivity contribution in [3.63, 3.8) is 0 Å². The van der Waals surface area contributed by atoms with Gasteiger partial charge >= 0.3 is 0 Å². The highest BCUT2D eigenvalue weighted by Crippen LogP contribution is 2.18. The van der Waals surface area contributed by atoms with Gasteiger partial charge in [0, 0.05) is 12.0 Å². The Morgan fingerprint density at radius 3 is 2.47 bits per heavy atom. The number of carbonyl (C=O) groups excluding carboxylic acids is 1. The standard InChI is InChI=1S/C11H23N3O/c1-9(2)14-6-4-10(5-7-14)11(15)13-8-12-3/h9-10,12H,4-8H2,1-3H3,(H,13,15). The zero-order valence-corrected chi connectivity index (χ0v) is 10.0. The minimum absolute atomic E-state index is 0.202. The van der Waals surface area contributed by atoms with Crippen molar-refractivity contribution in [2.75, 3.05) is 26.8 Å². The second-order valence-corrected chi connectivity index (χ2v) is 4.48. The zero-order valence-electron chi connectivity index (χ0n) is 10.0. The zero-order chi connectivity index (χ0) is 11.3. The van der Waals surface area contributed by atoms with Crippen molar-refractivity contribution < 1.29 is 4.79 Å². The molecule has 1 rings (SSSR count). The van der Waals surface area contributed by atoms with Crippen LogP contribution in [0.1, 0.15) is 26.7 Å². The van der Waals surface area contributed by atoms with Gasteiger partial charge in [0.1, 0.15) is 0 Å². The van der Waals surface area contributed by atoms with Crippen LogP contribution in [-0.4, -0.2) is 43.7 Å². The molecular formula is C11H23N3O. The Labute approximate surface area is 92.4 Å². The van der Waals surface area contributed by atoms with Gasteiger partial charge in [-0.3, -0.25) is 4.79 Å². The fourth-order valence-corrected chi connectivity index (χ4v) is 2.00. The van der Waals surface area contributed by atoms with E-state index in [2.05, 4.69) is 29.4 Å². The maximum Gasteiger partial charge on any atom is 0.224 e. The van der Waals surface area contributed by atoms with E-state index in [-0.39, 0.29) is 11.8 Å². The molecule has 0 radical (unpaired) electrons. The molecule has 0 atom stereocenters. The number of rotatable bonds is 4. The molecule has 1 heterocycles. The van der Waals surface area contributed by atoms with Crippen LogP contribution < -0.4 is 10.6 Å². The monoisotopic (exact) mass is 213 g/mol. The maximum atomic E-state index is 11.7. The van der Waals surface area contributed by atoms with Crippen molar-refractivity contribution in [3.8, 4) is 0 Å². The third-order valence-corrected chi connectivity index (χ3v) is 3.07. The van der Waals surface area contributed by atoms with E-state index in [9.17, 15) is 4.79 Å². The van der Waals surface area contributed by atoms with Crippen LogP contribution in [0.2, 0.25) is 0 Å². The van der Waals surface area contributed by atoms with Crippen LogP contribution in [-0.2, 0) is 4.79 Å². The molecule has 1 saturated heterocycles. The molecule has 0 saturated carbocycles. The second kappa shape index (κ2) is 6.08. The van der Waals surface area contributed by atoms with Crippen LogP contribution in [0.15, 0.2) is 0 Å². The Morgan fingerprint density at radius 2 is 2.00 bits per heavy atom. The predicted octanol–water partition coefficient (Wildman–Crippen LogP) is 0.400. The summed E-state index contributed by atoms with van der Waals surface area (Å²) in [6, 6.07) is 0.603. The smallest absolute Gasteiger partial charge is 0.224 e. The maximum absolute atomic E-state index is 11.7. The lowest BCUT2D eigenvalue weighted by molar-refractivity contribution is -0.126. The summed E-state index contributed by atoms with van der Waals surface area (Å²) in [6.45, 7) is 7.09. The van der Waals surface area contributed by atoms with E-state index in [1.54, 1.807) is 0 Å². The SMILES string of the molecule is CNCNC(=O)C1CCN(C(C)C)CC1. The first-order valence-corrected chi connectivity index (χ1v) is 5.81. The molecule has 4 heteroatoms. The number of nitrogens with one attached hydrogen (secondary N) is 2. The molecule has 15 heavy (non-hydrogen) atoms. The van der Waals surface area contributed by atoms with E-state index in [4.69, 9.17) is 0 Å². The highest BCUT2D eigenvalue weighted by atomic mass is 16.1. The molecule has 0 spiro atoms. The number of amides is 1. The largest absolute Gasteiger partial charge is 0.343 e. The minimum atomic E-state index is 0.202. The van der Waals surface area contributed by atoms with Crippen molar-refractivity contribution in [1.82, 2.24) is 15.5 Å². The summed E-state index contributed by atoms with van der Waals surface area (Å²) in [6.07, 6.45) is 1.99. The molecule has 4 nitrogen and oxygen atoms in total. The Morgan fingerprint density at radius 1 is 1.40 bits per heavy atom. The van der Waals surface area contributed by atoms with Gasteiger partial charge in [-0.15, -0.1) is 0 Å². The number of carbonyl (C=O) groups is 1. The normalized spacial score (nSPS) is 19.5. The summed E-state index contributed by atoms with van der Waals surface area (Å²) in [5.74, 6) is 0.418. The van der Waals surface area contributed by atoms with E-state index in [1.807, 2.05) is 7.05 Å². The third kappa shape index (κ3) is 3.80. The van der Waals surface area contributed by atoms with E-state index < -0.39 is 0 Å². The van der Waals surface area contributed by atoms with Gasteiger partial charge in [0.2, 0.25) is 5.91 Å². The van der Waals surface area contributed by atoms with E-state index >= 15 is 0 Å². The van der Waals surface area contributed by atoms with Crippen LogP contribution in [0, 0.1) is 5.92 Å². The van der Waals surface area contributed by atoms with E-state index in [0.717, 1.165) is 25.9 Å². The third-order valence-electron chi connectivity index (χ3n) is 3.07.